The lowest BCUT2D eigenvalue weighted by Crippen LogP contribution is -2.58. The number of hydrogen-bond acceptors (Lipinski definition) is 3. The molecule has 0 spiro atoms. The maximum atomic E-state index is 11.8. The van der Waals surface area contributed by atoms with E-state index < -0.39 is 5.54 Å². The molecule has 0 aliphatic carbocycles. The van der Waals surface area contributed by atoms with Crippen LogP contribution >= 0.6 is 0 Å². The number of amides is 1. The molecule has 0 aromatic heterocycles. The maximum Gasteiger partial charge on any atom is 0.237 e. The van der Waals surface area contributed by atoms with Crippen LogP contribution in [0.3, 0.4) is 0 Å². The summed E-state index contributed by atoms with van der Waals surface area (Å²) in [5.74, 6) is -0.270. The first-order valence-electron chi connectivity index (χ1n) is 7.51. The van der Waals surface area contributed by atoms with Crippen molar-refractivity contribution in [3.05, 3.63) is 0 Å². The van der Waals surface area contributed by atoms with Crippen LogP contribution < -0.4 is 11.1 Å². The van der Waals surface area contributed by atoms with Crippen molar-refractivity contribution < 1.29 is 4.79 Å². The third-order valence-electron chi connectivity index (χ3n) is 3.94. The number of nitrogens with one attached hydrogen (secondary N) is 1. The number of rotatable bonds is 9. The number of carbonyl (C=O) groups is 1. The van der Waals surface area contributed by atoms with Gasteiger partial charge in [0.05, 0.1) is 5.54 Å². The average Bonchev–Trinajstić information content (AvgIpc) is 2.27. The molecule has 0 aromatic rings. The highest BCUT2D eigenvalue weighted by Crippen LogP contribution is 2.19. The summed E-state index contributed by atoms with van der Waals surface area (Å²) in [7, 11) is 0. The first kappa shape index (κ1) is 18.4. The molecule has 4 nitrogen and oxygen atoms in total. The van der Waals surface area contributed by atoms with E-state index in [9.17, 15) is 4.79 Å². The molecule has 0 bridgehead atoms. The Hall–Kier alpha value is -0.610. The zero-order valence-electron chi connectivity index (χ0n) is 13.8. The maximum absolute atomic E-state index is 11.8. The molecule has 0 rings (SSSR count). The normalized spacial score (nSPS) is 18.4. The Morgan fingerprint density at radius 1 is 1.21 bits per heavy atom. The van der Waals surface area contributed by atoms with Crippen molar-refractivity contribution >= 4 is 5.91 Å². The van der Waals surface area contributed by atoms with Crippen molar-refractivity contribution in [3.63, 3.8) is 0 Å². The molecule has 0 aliphatic rings. The molecule has 1 amide bonds. The van der Waals surface area contributed by atoms with E-state index in [0.717, 1.165) is 19.4 Å². The van der Waals surface area contributed by atoms with Gasteiger partial charge in [0.1, 0.15) is 0 Å². The Morgan fingerprint density at radius 3 is 2.05 bits per heavy atom. The quantitative estimate of drug-likeness (QED) is 0.675. The van der Waals surface area contributed by atoms with Gasteiger partial charge in [0.25, 0.3) is 0 Å². The van der Waals surface area contributed by atoms with Crippen LogP contribution in [0.25, 0.3) is 0 Å². The number of primary amides is 1. The van der Waals surface area contributed by atoms with Gasteiger partial charge in [-0.1, -0.05) is 13.8 Å². The molecule has 3 unspecified atom stereocenters. The summed E-state index contributed by atoms with van der Waals surface area (Å²) in [5, 5.41) is 3.32. The van der Waals surface area contributed by atoms with E-state index >= 15 is 0 Å². The minimum absolute atomic E-state index is 0.239. The molecule has 3 atom stereocenters. The van der Waals surface area contributed by atoms with Crippen LogP contribution in [0.1, 0.15) is 61.3 Å². The zero-order valence-corrected chi connectivity index (χ0v) is 13.8. The van der Waals surface area contributed by atoms with E-state index in [-0.39, 0.29) is 11.9 Å². The molecule has 0 aliphatic heterocycles. The highest BCUT2D eigenvalue weighted by molar-refractivity contribution is 5.84. The van der Waals surface area contributed by atoms with E-state index in [1.165, 1.54) is 0 Å². The number of carbonyl (C=O) groups excluding carboxylic acids is 1. The minimum Gasteiger partial charge on any atom is -0.368 e. The topological polar surface area (TPSA) is 58.4 Å². The standard InChI is InChI=1S/C15H33N3O/c1-8-12(5)18(9-2)13(6)10-15(7,14(16)19)17-11(3)4/h11-13,17H,8-10H2,1-7H3,(H2,16,19). The molecule has 0 aromatic carbocycles. The van der Waals surface area contributed by atoms with E-state index in [1.54, 1.807) is 0 Å². The lowest BCUT2D eigenvalue weighted by atomic mass is 9.90. The second-order valence-corrected chi connectivity index (χ2v) is 6.14. The van der Waals surface area contributed by atoms with E-state index in [4.69, 9.17) is 5.73 Å². The molecular weight excluding hydrogens is 238 g/mol. The van der Waals surface area contributed by atoms with Gasteiger partial charge in [0.2, 0.25) is 5.91 Å². The average molecular weight is 271 g/mol. The number of nitrogens with zero attached hydrogens (tertiary/aromatic N) is 1. The summed E-state index contributed by atoms with van der Waals surface area (Å²) in [5.41, 5.74) is 4.95. The Kier molecular flexibility index (Phi) is 7.60. The van der Waals surface area contributed by atoms with Crippen molar-refractivity contribution in [3.8, 4) is 0 Å². The van der Waals surface area contributed by atoms with Crippen LogP contribution in [0.2, 0.25) is 0 Å². The van der Waals surface area contributed by atoms with Gasteiger partial charge in [-0.05, 0) is 54.0 Å². The number of nitrogens with two attached hydrogens (primary N) is 1. The Bertz CT molecular complexity index is 281. The van der Waals surface area contributed by atoms with Gasteiger partial charge in [-0.3, -0.25) is 9.69 Å². The summed E-state index contributed by atoms with van der Waals surface area (Å²) >= 11 is 0. The van der Waals surface area contributed by atoms with E-state index in [0.29, 0.717) is 12.1 Å². The van der Waals surface area contributed by atoms with Crippen LogP contribution in [0.4, 0.5) is 0 Å². The van der Waals surface area contributed by atoms with Gasteiger partial charge in [-0.15, -0.1) is 0 Å². The Balaban J connectivity index is 4.88. The van der Waals surface area contributed by atoms with Crippen molar-refractivity contribution in [2.45, 2.75) is 85.0 Å². The largest absolute Gasteiger partial charge is 0.368 e. The summed E-state index contributed by atoms with van der Waals surface area (Å²) in [6.07, 6.45) is 1.85. The summed E-state index contributed by atoms with van der Waals surface area (Å²) in [4.78, 5) is 14.2. The fourth-order valence-corrected chi connectivity index (χ4v) is 2.87. The third-order valence-corrected chi connectivity index (χ3v) is 3.94. The zero-order chi connectivity index (χ0) is 15.2. The SMILES string of the molecule is CCC(C)N(CC)C(C)CC(C)(NC(C)C)C(N)=O. The molecule has 0 saturated heterocycles. The fourth-order valence-electron chi connectivity index (χ4n) is 2.87. The van der Waals surface area contributed by atoms with Crippen LogP contribution in [-0.4, -0.2) is 41.0 Å². The second kappa shape index (κ2) is 7.85. The highest BCUT2D eigenvalue weighted by atomic mass is 16.1. The van der Waals surface area contributed by atoms with E-state index in [1.807, 2.05) is 20.8 Å². The first-order valence-corrected chi connectivity index (χ1v) is 7.51. The summed E-state index contributed by atoms with van der Waals surface area (Å²) < 4.78 is 0. The Labute approximate surface area is 119 Å². The lowest BCUT2D eigenvalue weighted by molar-refractivity contribution is -0.125. The highest BCUT2D eigenvalue weighted by Gasteiger charge is 2.35. The van der Waals surface area contributed by atoms with Crippen LogP contribution in [0.5, 0.6) is 0 Å². The lowest BCUT2D eigenvalue weighted by Gasteiger charge is -2.39. The molecule has 4 heteroatoms. The molecule has 0 saturated carbocycles. The molecule has 0 heterocycles. The van der Waals surface area contributed by atoms with Gasteiger partial charge in [0, 0.05) is 18.1 Å². The van der Waals surface area contributed by atoms with E-state index in [2.05, 4.69) is 37.9 Å². The molecule has 19 heavy (non-hydrogen) atoms. The molecule has 3 N–H and O–H groups in total. The summed E-state index contributed by atoms with van der Waals surface area (Å²) in [6.45, 7) is 15.8. The van der Waals surface area contributed by atoms with Gasteiger partial charge >= 0.3 is 0 Å². The molecule has 0 fully saturated rings. The van der Waals surface area contributed by atoms with Crippen molar-refractivity contribution in [2.75, 3.05) is 6.54 Å². The predicted octanol–water partition coefficient (Wildman–Crippen LogP) is 2.13. The van der Waals surface area contributed by atoms with Crippen molar-refractivity contribution in [1.82, 2.24) is 10.2 Å². The summed E-state index contributed by atoms with van der Waals surface area (Å²) in [6, 6.07) is 1.09. The fraction of sp³-hybridized carbons (Fsp3) is 0.933. The van der Waals surface area contributed by atoms with Crippen LogP contribution in [0.15, 0.2) is 0 Å². The smallest absolute Gasteiger partial charge is 0.237 e. The van der Waals surface area contributed by atoms with Gasteiger partial charge in [-0.25, -0.2) is 0 Å². The van der Waals surface area contributed by atoms with Crippen LogP contribution in [0, 0.1) is 0 Å². The van der Waals surface area contributed by atoms with Crippen molar-refractivity contribution in [1.29, 1.82) is 0 Å². The van der Waals surface area contributed by atoms with Gasteiger partial charge in [0.15, 0.2) is 0 Å². The molecular formula is C15H33N3O. The predicted molar refractivity (Wildman–Crippen MR) is 82.1 cm³/mol. The first-order chi connectivity index (χ1) is 8.67. The monoisotopic (exact) mass is 271 g/mol. The molecule has 0 radical (unpaired) electrons. The van der Waals surface area contributed by atoms with Gasteiger partial charge in [-0.2, -0.15) is 0 Å². The Morgan fingerprint density at radius 2 is 1.74 bits per heavy atom. The number of hydrogen-bond donors (Lipinski definition) is 2. The molecule has 114 valence electrons. The van der Waals surface area contributed by atoms with Crippen molar-refractivity contribution in [2.24, 2.45) is 5.73 Å². The third kappa shape index (κ3) is 5.49. The minimum atomic E-state index is -0.644. The van der Waals surface area contributed by atoms with Gasteiger partial charge < -0.3 is 11.1 Å². The van der Waals surface area contributed by atoms with Crippen LogP contribution in [-0.2, 0) is 4.79 Å². The second-order valence-electron chi connectivity index (χ2n) is 6.14.